The van der Waals surface area contributed by atoms with Crippen molar-refractivity contribution in [1.82, 2.24) is 18.7 Å². The third kappa shape index (κ3) is 4.05. The Kier molecular flexibility index (Phi) is 5.92. The van der Waals surface area contributed by atoms with Crippen molar-refractivity contribution in [3.05, 3.63) is 182 Å². The van der Waals surface area contributed by atoms with E-state index in [4.69, 9.17) is 4.98 Å². The van der Waals surface area contributed by atoms with Crippen LogP contribution >= 0.6 is 0 Å². The third-order valence-electron chi connectivity index (χ3n) is 10.4. The zero-order valence-corrected chi connectivity index (χ0v) is 27.6. The molecule has 4 nitrogen and oxygen atoms in total. The smallest absolute Gasteiger partial charge is 0.138 e. The molecule has 4 heteroatoms. The summed E-state index contributed by atoms with van der Waals surface area (Å²) in [5, 5.41) is 7.39. The van der Waals surface area contributed by atoms with E-state index in [1.54, 1.807) is 0 Å². The fourth-order valence-electron chi connectivity index (χ4n) is 8.31. The molecule has 0 bridgehead atoms. The Bertz CT molecular complexity index is 3090. The lowest BCUT2D eigenvalue weighted by Gasteiger charge is -2.13. The average Bonchev–Trinajstić information content (AvgIpc) is 3.84. The molecule has 51 heavy (non-hydrogen) atoms. The SMILES string of the molecule is c1ccc(-c2cccc(-n3c4ccccc4c4ccc(-n5c6ccccc6c6c(-n7c8ccccc8c8ccccc87)cccc65)cc43)n2)cc1. The maximum absolute atomic E-state index is 5.22. The van der Waals surface area contributed by atoms with Crippen LogP contribution in [0.1, 0.15) is 0 Å². The van der Waals surface area contributed by atoms with Gasteiger partial charge in [-0.2, -0.15) is 0 Å². The number of rotatable bonds is 4. The lowest BCUT2D eigenvalue weighted by molar-refractivity contribution is 1.08. The first kappa shape index (κ1) is 28.0. The van der Waals surface area contributed by atoms with E-state index in [0.717, 1.165) is 33.8 Å². The van der Waals surface area contributed by atoms with Crippen LogP contribution in [0.25, 0.3) is 93.9 Å². The summed E-state index contributed by atoms with van der Waals surface area (Å²) in [6.07, 6.45) is 0. The highest BCUT2D eigenvalue weighted by molar-refractivity contribution is 6.17. The molecule has 0 atom stereocenters. The molecule has 4 heterocycles. The van der Waals surface area contributed by atoms with Crippen molar-refractivity contribution < 1.29 is 0 Å². The molecule has 0 aliphatic rings. The first-order chi connectivity index (χ1) is 25.3. The Morgan fingerprint density at radius 1 is 0.333 bits per heavy atom. The zero-order valence-electron chi connectivity index (χ0n) is 27.6. The minimum atomic E-state index is 0.899. The molecule has 0 saturated heterocycles. The van der Waals surface area contributed by atoms with Gasteiger partial charge in [0, 0.05) is 43.6 Å². The molecule has 0 aliphatic heterocycles. The molecule has 0 unspecified atom stereocenters. The van der Waals surface area contributed by atoms with Crippen LogP contribution in [-0.4, -0.2) is 18.7 Å². The molecule has 238 valence electrons. The number of fused-ring (bicyclic) bond motifs is 9. The normalized spacial score (nSPS) is 11.9. The van der Waals surface area contributed by atoms with Gasteiger partial charge in [0.15, 0.2) is 0 Å². The first-order valence-electron chi connectivity index (χ1n) is 17.4. The molecule has 0 aliphatic carbocycles. The van der Waals surface area contributed by atoms with Crippen LogP contribution in [0, 0.1) is 0 Å². The van der Waals surface area contributed by atoms with E-state index < -0.39 is 0 Å². The summed E-state index contributed by atoms with van der Waals surface area (Å²) >= 11 is 0. The van der Waals surface area contributed by atoms with E-state index in [1.807, 2.05) is 6.07 Å². The summed E-state index contributed by atoms with van der Waals surface area (Å²) in [7, 11) is 0. The monoisotopic (exact) mass is 650 g/mol. The van der Waals surface area contributed by atoms with Crippen molar-refractivity contribution in [2.24, 2.45) is 0 Å². The largest absolute Gasteiger partial charge is 0.309 e. The summed E-state index contributed by atoms with van der Waals surface area (Å²) in [6.45, 7) is 0. The Balaban J connectivity index is 1.20. The number of pyridine rings is 1. The fourth-order valence-corrected chi connectivity index (χ4v) is 8.31. The van der Waals surface area contributed by atoms with Crippen LogP contribution in [0.2, 0.25) is 0 Å². The molecule has 0 fully saturated rings. The third-order valence-corrected chi connectivity index (χ3v) is 10.4. The van der Waals surface area contributed by atoms with Gasteiger partial charge in [-0.25, -0.2) is 4.98 Å². The summed E-state index contributed by atoms with van der Waals surface area (Å²) in [4.78, 5) is 5.22. The van der Waals surface area contributed by atoms with Crippen LogP contribution in [0.3, 0.4) is 0 Å². The van der Waals surface area contributed by atoms with E-state index in [1.165, 1.54) is 60.1 Å². The van der Waals surface area contributed by atoms with Gasteiger partial charge in [0.2, 0.25) is 0 Å². The Morgan fingerprint density at radius 3 is 1.55 bits per heavy atom. The predicted octanol–water partition coefficient (Wildman–Crippen LogP) is 12.0. The molecule has 0 radical (unpaired) electrons. The zero-order chi connectivity index (χ0) is 33.5. The van der Waals surface area contributed by atoms with Crippen molar-refractivity contribution in [2.75, 3.05) is 0 Å². The van der Waals surface area contributed by atoms with Gasteiger partial charge in [-0.15, -0.1) is 0 Å². The Morgan fingerprint density at radius 2 is 0.863 bits per heavy atom. The summed E-state index contributed by atoms with van der Waals surface area (Å²) in [5.74, 6) is 0.899. The predicted molar refractivity (Wildman–Crippen MR) is 213 cm³/mol. The highest BCUT2D eigenvalue weighted by atomic mass is 15.1. The summed E-state index contributed by atoms with van der Waals surface area (Å²) < 4.78 is 7.19. The molecule has 0 saturated carbocycles. The second-order valence-corrected chi connectivity index (χ2v) is 13.2. The molecule has 0 spiro atoms. The molecule has 7 aromatic carbocycles. The maximum atomic E-state index is 5.22. The van der Waals surface area contributed by atoms with E-state index in [9.17, 15) is 0 Å². The molecule has 11 aromatic rings. The van der Waals surface area contributed by atoms with Gasteiger partial charge in [0.05, 0.1) is 44.5 Å². The molecule has 0 amide bonds. The molecule has 11 rings (SSSR count). The molecular weight excluding hydrogens is 621 g/mol. The summed E-state index contributed by atoms with van der Waals surface area (Å²) in [6, 6.07) is 65.3. The number of para-hydroxylation sites is 4. The lowest BCUT2D eigenvalue weighted by atomic mass is 10.1. The van der Waals surface area contributed by atoms with Crippen molar-refractivity contribution >= 4 is 65.4 Å². The van der Waals surface area contributed by atoms with Crippen LogP contribution in [0.4, 0.5) is 0 Å². The standard InChI is InChI=1S/C47H30N4/c1-2-14-31(15-3-1)38-20-12-27-46(48-38)51-41-23-10-6-18-35(41)36-29-28-32(30-45(36)51)49-42-24-11-7-19-37(42)47-43(49)25-13-26-44(47)50-39-21-8-4-16-33(39)34-17-5-9-22-40(34)50/h1-30H. The van der Waals surface area contributed by atoms with Crippen molar-refractivity contribution in [3.8, 4) is 28.5 Å². The Labute approximate surface area is 293 Å². The fraction of sp³-hybridized carbons (Fsp3) is 0. The molecule has 0 N–H and O–H groups in total. The van der Waals surface area contributed by atoms with E-state index in [-0.39, 0.29) is 0 Å². The molecule has 4 aromatic heterocycles. The van der Waals surface area contributed by atoms with Gasteiger partial charge in [0.25, 0.3) is 0 Å². The van der Waals surface area contributed by atoms with E-state index >= 15 is 0 Å². The lowest BCUT2D eigenvalue weighted by Crippen LogP contribution is -2.00. The van der Waals surface area contributed by atoms with Gasteiger partial charge in [0.1, 0.15) is 5.82 Å². The van der Waals surface area contributed by atoms with E-state index in [2.05, 4.69) is 190 Å². The number of nitrogens with zero attached hydrogens (tertiary/aromatic N) is 4. The summed E-state index contributed by atoms with van der Waals surface area (Å²) in [5.41, 5.74) is 11.4. The number of aromatic nitrogens is 4. The van der Waals surface area contributed by atoms with Gasteiger partial charge in [-0.3, -0.25) is 4.57 Å². The Hall–Kier alpha value is -6.91. The van der Waals surface area contributed by atoms with Crippen molar-refractivity contribution in [1.29, 1.82) is 0 Å². The first-order valence-corrected chi connectivity index (χ1v) is 17.4. The van der Waals surface area contributed by atoms with Gasteiger partial charge < -0.3 is 9.13 Å². The number of benzene rings is 7. The topological polar surface area (TPSA) is 27.7 Å². The minimum absolute atomic E-state index is 0.899. The van der Waals surface area contributed by atoms with Gasteiger partial charge in [-0.1, -0.05) is 121 Å². The van der Waals surface area contributed by atoms with Crippen LogP contribution in [0.15, 0.2) is 182 Å². The van der Waals surface area contributed by atoms with Gasteiger partial charge in [-0.05, 0) is 60.7 Å². The second-order valence-electron chi connectivity index (χ2n) is 13.2. The minimum Gasteiger partial charge on any atom is -0.309 e. The van der Waals surface area contributed by atoms with Gasteiger partial charge >= 0.3 is 0 Å². The van der Waals surface area contributed by atoms with Crippen LogP contribution in [0.5, 0.6) is 0 Å². The van der Waals surface area contributed by atoms with Crippen LogP contribution < -0.4 is 0 Å². The maximum Gasteiger partial charge on any atom is 0.138 e. The van der Waals surface area contributed by atoms with E-state index in [0.29, 0.717) is 0 Å². The molecular formula is C47H30N4. The van der Waals surface area contributed by atoms with Crippen LogP contribution in [-0.2, 0) is 0 Å². The number of hydrogen-bond acceptors (Lipinski definition) is 1. The van der Waals surface area contributed by atoms with Crippen molar-refractivity contribution in [3.63, 3.8) is 0 Å². The second kappa shape index (κ2) is 10.8. The highest BCUT2D eigenvalue weighted by Crippen LogP contribution is 2.41. The highest BCUT2D eigenvalue weighted by Gasteiger charge is 2.21. The van der Waals surface area contributed by atoms with Crippen molar-refractivity contribution in [2.45, 2.75) is 0 Å². The quantitative estimate of drug-likeness (QED) is 0.186. The average molecular weight is 651 g/mol. The number of hydrogen-bond donors (Lipinski definition) is 0.